The molecule has 2 aliphatic heterocycles. The summed E-state index contributed by atoms with van der Waals surface area (Å²) in [6.45, 7) is 6.76. The van der Waals surface area contributed by atoms with Gasteiger partial charge in [0, 0.05) is 5.56 Å². The maximum atomic E-state index is 13.0. The molecule has 0 amide bonds. The van der Waals surface area contributed by atoms with E-state index in [2.05, 4.69) is 0 Å². The van der Waals surface area contributed by atoms with Crippen molar-refractivity contribution >= 4 is 0 Å². The lowest BCUT2D eigenvalue weighted by Gasteiger charge is -2.44. The van der Waals surface area contributed by atoms with Crippen molar-refractivity contribution in [2.75, 3.05) is 6.54 Å². The normalized spacial score (nSPS) is 40.3. The Kier molecular flexibility index (Phi) is 2.94. The van der Waals surface area contributed by atoms with Crippen LogP contribution in [0.3, 0.4) is 0 Å². The Balaban J connectivity index is 1.77. The van der Waals surface area contributed by atoms with E-state index in [-0.39, 0.29) is 22.9 Å². The molecule has 4 nitrogen and oxygen atoms in total. The van der Waals surface area contributed by atoms with Crippen LogP contribution in [0, 0.1) is 5.21 Å². The van der Waals surface area contributed by atoms with Crippen LogP contribution in [0.15, 0.2) is 30.3 Å². The molecule has 1 aromatic rings. The molecule has 0 aromatic heterocycles. The van der Waals surface area contributed by atoms with Crippen molar-refractivity contribution in [1.29, 1.82) is 0 Å². The highest BCUT2D eigenvalue weighted by atomic mass is 16.8. The van der Waals surface area contributed by atoms with Gasteiger partial charge in [0.05, 0.1) is 0 Å². The Morgan fingerprint density at radius 1 is 1.26 bits per heavy atom. The molecule has 2 saturated heterocycles. The van der Waals surface area contributed by atoms with Gasteiger partial charge in [0.25, 0.3) is 0 Å². The summed E-state index contributed by atoms with van der Waals surface area (Å²) >= 11 is 0. The first-order valence-corrected chi connectivity index (χ1v) is 6.87. The second-order valence-electron chi connectivity index (χ2n) is 6.16. The van der Waals surface area contributed by atoms with Crippen LogP contribution in [-0.2, 0) is 16.0 Å². The summed E-state index contributed by atoms with van der Waals surface area (Å²) in [5, 5.41) is 13.0. The summed E-state index contributed by atoms with van der Waals surface area (Å²) in [6, 6.07) is 9.83. The van der Waals surface area contributed by atoms with Gasteiger partial charge in [-0.05, 0) is 20.8 Å². The number of fused-ring (bicyclic) bond motifs is 1. The van der Waals surface area contributed by atoms with E-state index < -0.39 is 5.79 Å². The highest BCUT2D eigenvalue weighted by Gasteiger charge is 2.56. The van der Waals surface area contributed by atoms with Crippen LogP contribution in [0.4, 0.5) is 0 Å². The summed E-state index contributed by atoms with van der Waals surface area (Å²) in [5.41, 5.74) is 1.07. The minimum Gasteiger partial charge on any atom is -0.632 e. The first-order chi connectivity index (χ1) is 8.90. The zero-order chi connectivity index (χ0) is 13.7. The minimum absolute atomic E-state index is 0.0776. The largest absolute Gasteiger partial charge is 0.632 e. The Labute approximate surface area is 114 Å². The average molecular weight is 263 g/mol. The van der Waals surface area contributed by atoms with E-state index in [4.69, 9.17) is 9.47 Å². The van der Waals surface area contributed by atoms with E-state index in [1.807, 2.05) is 51.1 Å². The van der Waals surface area contributed by atoms with Crippen molar-refractivity contribution in [3.05, 3.63) is 41.1 Å². The van der Waals surface area contributed by atoms with E-state index in [9.17, 15) is 5.21 Å². The standard InChI is InChI=1S/C15H21NO3/c1-11-14-13(18-15(2,3)19-14)10-16(11,17)9-12-7-5-4-6-8-12/h4-8,11,13-14H,9-10H2,1-3H3/t11-,13+,14-,16?/m1/s1. The Morgan fingerprint density at radius 2 is 1.95 bits per heavy atom. The van der Waals surface area contributed by atoms with Gasteiger partial charge in [0.1, 0.15) is 31.3 Å². The van der Waals surface area contributed by atoms with Crippen LogP contribution in [-0.4, -0.2) is 35.2 Å². The molecule has 0 bridgehead atoms. The van der Waals surface area contributed by atoms with Gasteiger partial charge in [-0.3, -0.25) is 0 Å². The lowest BCUT2D eigenvalue weighted by molar-refractivity contribution is -0.907. The zero-order valence-electron chi connectivity index (χ0n) is 11.7. The zero-order valence-corrected chi connectivity index (χ0v) is 11.7. The molecule has 0 saturated carbocycles. The van der Waals surface area contributed by atoms with Gasteiger partial charge in [-0.15, -0.1) is 0 Å². The predicted octanol–water partition coefficient (Wildman–Crippen LogP) is 2.42. The van der Waals surface area contributed by atoms with Gasteiger partial charge in [0.2, 0.25) is 0 Å². The van der Waals surface area contributed by atoms with Gasteiger partial charge in [-0.25, -0.2) is 0 Å². The van der Waals surface area contributed by atoms with Crippen LogP contribution in [0.5, 0.6) is 0 Å². The van der Waals surface area contributed by atoms with E-state index in [0.717, 1.165) is 5.56 Å². The van der Waals surface area contributed by atoms with E-state index >= 15 is 0 Å². The Hall–Kier alpha value is -0.940. The molecular formula is C15H21NO3. The van der Waals surface area contributed by atoms with Crippen LogP contribution in [0.1, 0.15) is 26.3 Å². The lowest BCUT2D eigenvalue weighted by Crippen LogP contribution is -2.48. The number of nitrogens with zero attached hydrogens (tertiary/aromatic N) is 1. The number of hydroxylamine groups is 3. The van der Waals surface area contributed by atoms with Crippen LogP contribution in [0.25, 0.3) is 0 Å². The highest BCUT2D eigenvalue weighted by molar-refractivity contribution is 5.14. The molecule has 1 aromatic carbocycles. The smallest absolute Gasteiger partial charge is 0.164 e. The quantitative estimate of drug-likeness (QED) is 0.608. The Morgan fingerprint density at radius 3 is 2.58 bits per heavy atom. The second-order valence-corrected chi connectivity index (χ2v) is 6.16. The first-order valence-electron chi connectivity index (χ1n) is 6.87. The molecule has 3 rings (SSSR count). The molecular weight excluding hydrogens is 242 g/mol. The van der Waals surface area contributed by atoms with Gasteiger partial charge < -0.3 is 19.3 Å². The topological polar surface area (TPSA) is 41.5 Å². The number of ether oxygens (including phenoxy) is 2. The SMILES string of the molecule is C[C@@H]1[C@H]2OC(C)(C)O[C@H]2C[N+]1([O-])Cc1ccccc1. The molecule has 1 unspecified atom stereocenters. The molecule has 19 heavy (non-hydrogen) atoms. The molecule has 0 radical (unpaired) electrons. The Bertz CT molecular complexity index is 462. The summed E-state index contributed by atoms with van der Waals surface area (Å²) < 4.78 is 11.5. The third-order valence-electron chi connectivity index (χ3n) is 4.22. The number of likely N-dealkylation sites (tertiary alicyclic amines) is 1. The summed E-state index contributed by atoms with van der Waals surface area (Å²) in [6.07, 6.45) is -0.164. The number of quaternary nitrogens is 1. The van der Waals surface area contributed by atoms with Crippen molar-refractivity contribution in [2.24, 2.45) is 0 Å². The summed E-state index contributed by atoms with van der Waals surface area (Å²) in [4.78, 5) is 0. The minimum atomic E-state index is -0.554. The van der Waals surface area contributed by atoms with Crippen molar-refractivity contribution in [2.45, 2.75) is 51.4 Å². The van der Waals surface area contributed by atoms with Gasteiger partial charge in [-0.2, -0.15) is 0 Å². The highest BCUT2D eigenvalue weighted by Crippen LogP contribution is 2.40. The second kappa shape index (κ2) is 4.28. The number of hydrogen-bond acceptors (Lipinski definition) is 3. The van der Waals surface area contributed by atoms with Crippen LogP contribution >= 0.6 is 0 Å². The summed E-state index contributed by atoms with van der Waals surface area (Å²) in [7, 11) is 0. The van der Waals surface area contributed by atoms with Crippen molar-refractivity contribution < 1.29 is 14.1 Å². The fourth-order valence-corrected chi connectivity index (χ4v) is 3.25. The lowest BCUT2D eigenvalue weighted by atomic mass is 10.1. The fourth-order valence-electron chi connectivity index (χ4n) is 3.25. The number of hydrogen-bond donors (Lipinski definition) is 0. The summed E-state index contributed by atoms with van der Waals surface area (Å²) in [5.74, 6) is -0.554. The van der Waals surface area contributed by atoms with Gasteiger partial charge >= 0.3 is 0 Å². The van der Waals surface area contributed by atoms with Crippen molar-refractivity contribution in [3.8, 4) is 0 Å². The van der Waals surface area contributed by atoms with Crippen molar-refractivity contribution in [1.82, 2.24) is 0 Å². The van der Waals surface area contributed by atoms with Gasteiger partial charge in [0.15, 0.2) is 5.79 Å². The molecule has 0 aliphatic carbocycles. The van der Waals surface area contributed by atoms with E-state index in [1.165, 1.54) is 0 Å². The molecule has 4 heteroatoms. The van der Waals surface area contributed by atoms with Gasteiger partial charge in [-0.1, -0.05) is 30.3 Å². The predicted molar refractivity (Wildman–Crippen MR) is 71.9 cm³/mol. The first kappa shape index (κ1) is 13.1. The maximum Gasteiger partial charge on any atom is 0.164 e. The number of benzene rings is 1. The molecule has 2 aliphatic rings. The van der Waals surface area contributed by atoms with Crippen LogP contribution in [0.2, 0.25) is 0 Å². The molecule has 0 spiro atoms. The number of rotatable bonds is 2. The molecule has 104 valence electrons. The molecule has 0 N–H and O–H groups in total. The van der Waals surface area contributed by atoms with E-state index in [1.54, 1.807) is 0 Å². The molecule has 2 heterocycles. The molecule has 4 atom stereocenters. The van der Waals surface area contributed by atoms with Crippen molar-refractivity contribution in [3.63, 3.8) is 0 Å². The monoisotopic (exact) mass is 263 g/mol. The maximum absolute atomic E-state index is 13.0. The third-order valence-corrected chi connectivity index (χ3v) is 4.22. The third kappa shape index (κ3) is 2.30. The fraction of sp³-hybridized carbons (Fsp3) is 0.600. The van der Waals surface area contributed by atoms with Crippen LogP contribution < -0.4 is 0 Å². The molecule has 2 fully saturated rings. The average Bonchev–Trinajstić information content (AvgIpc) is 2.73. The van der Waals surface area contributed by atoms with E-state index in [0.29, 0.717) is 13.1 Å².